The van der Waals surface area contributed by atoms with Gasteiger partial charge in [-0.15, -0.1) is 0 Å². The number of carbonyl (C=O) groups excluding carboxylic acids is 1. The first-order valence-corrected chi connectivity index (χ1v) is 9.91. The van der Waals surface area contributed by atoms with E-state index in [1.807, 2.05) is 0 Å². The lowest BCUT2D eigenvalue weighted by Crippen LogP contribution is -2.22. The lowest BCUT2D eigenvalue weighted by Gasteiger charge is -2.16. The molecule has 0 radical (unpaired) electrons. The highest BCUT2D eigenvalue weighted by Crippen LogP contribution is 2.37. The van der Waals surface area contributed by atoms with Crippen molar-refractivity contribution in [3.05, 3.63) is 75.4 Å². The summed E-state index contributed by atoms with van der Waals surface area (Å²) in [7, 11) is 0. The smallest absolute Gasteiger partial charge is 0.417 e. The maximum atomic E-state index is 13.5. The van der Waals surface area contributed by atoms with Gasteiger partial charge in [-0.1, -0.05) is 29.8 Å². The monoisotopic (exact) mass is 448 g/mol. The summed E-state index contributed by atoms with van der Waals surface area (Å²) in [6.45, 7) is 0. The van der Waals surface area contributed by atoms with Crippen molar-refractivity contribution in [2.24, 2.45) is 0 Å². The van der Waals surface area contributed by atoms with Gasteiger partial charge in [-0.2, -0.15) is 23.0 Å². The van der Waals surface area contributed by atoms with Gasteiger partial charge in [-0.25, -0.2) is 4.79 Å². The molecule has 0 unspecified atom stereocenters. The molecule has 1 N–H and O–H groups in total. The van der Waals surface area contributed by atoms with Gasteiger partial charge in [0.25, 0.3) is 5.91 Å². The zero-order valence-corrected chi connectivity index (χ0v) is 16.8. The van der Waals surface area contributed by atoms with Gasteiger partial charge in [0.1, 0.15) is 0 Å². The molecule has 0 aliphatic heterocycles. The quantitative estimate of drug-likeness (QED) is 0.575. The molecule has 160 valence electrons. The van der Waals surface area contributed by atoms with E-state index in [0.29, 0.717) is 29.8 Å². The highest BCUT2D eigenvalue weighted by atomic mass is 35.5. The molecule has 2 aromatic carbocycles. The Kier molecular flexibility index (Phi) is 5.35. The molecule has 1 aliphatic rings. The number of carboxylic acid groups (broad SMARTS) is 1. The van der Waals surface area contributed by atoms with Gasteiger partial charge < -0.3 is 5.11 Å². The third-order valence-corrected chi connectivity index (χ3v) is 5.63. The van der Waals surface area contributed by atoms with Crippen molar-refractivity contribution in [1.82, 2.24) is 9.78 Å². The second-order valence-electron chi connectivity index (χ2n) is 7.24. The molecular formula is C22H16ClF3N2O3. The molecule has 31 heavy (non-hydrogen) atoms. The molecule has 1 aliphatic carbocycles. The number of carboxylic acids is 1. The minimum atomic E-state index is -4.75. The number of rotatable bonds is 3. The maximum absolute atomic E-state index is 13.5. The summed E-state index contributed by atoms with van der Waals surface area (Å²) in [5, 5.41) is 13.2. The highest BCUT2D eigenvalue weighted by Gasteiger charge is 2.38. The first-order chi connectivity index (χ1) is 14.7. The third-order valence-electron chi connectivity index (χ3n) is 5.31. The molecule has 0 bridgehead atoms. The van der Waals surface area contributed by atoms with E-state index < -0.39 is 29.2 Å². The Labute approximate surface area is 180 Å². The molecule has 5 nitrogen and oxygen atoms in total. The van der Waals surface area contributed by atoms with Crippen molar-refractivity contribution in [2.45, 2.75) is 31.9 Å². The van der Waals surface area contributed by atoms with E-state index in [-0.39, 0.29) is 10.6 Å². The molecule has 0 spiro atoms. The normalized spacial score (nSPS) is 13.7. The summed E-state index contributed by atoms with van der Waals surface area (Å²) in [5.41, 5.74) is 0.729. The Morgan fingerprint density at radius 1 is 1.03 bits per heavy atom. The van der Waals surface area contributed by atoms with Crippen LogP contribution in [0.15, 0.2) is 42.5 Å². The molecule has 1 aromatic heterocycles. The van der Waals surface area contributed by atoms with Crippen molar-refractivity contribution < 1.29 is 27.9 Å². The minimum Gasteiger partial charge on any atom is -0.478 e. The van der Waals surface area contributed by atoms with E-state index in [1.165, 1.54) is 18.2 Å². The molecule has 0 amide bonds. The Hall–Kier alpha value is -3.13. The number of alkyl halides is 3. The summed E-state index contributed by atoms with van der Waals surface area (Å²) in [6, 6.07) is 9.20. The second-order valence-corrected chi connectivity index (χ2v) is 7.65. The Morgan fingerprint density at radius 3 is 2.35 bits per heavy atom. The number of benzene rings is 2. The number of hydrogen-bond acceptors (Lipinski definition) is 3. The number of hydrogen-bond donors (Lipinski definition) is 1. The van der Waals surface area contributed by atoms with E-state index in [1.54, 1.807) is 12.1 Å². The summed E-state index contributed by atoms with van der Waals surface area (Å²) in [4.78, 5) is 24.3. The molecule has 0 fully saturated rings. The minimum absolute atomic E-state index is 0.0963. The van der Waals surface area contributed by atoms with Crippen LogP contribution in [0.4, 0.5) is 13.2 Å². The summed E-state index contributed by atoms with van der Waals surface area (Å²) >= 11 is 6.02. The van der Waals surface area contributed by atoms with E-state index in [2.05, 4.69) is 5.10 Å². The van der Waals surface area contributed by atoms with Gasteiger partial charge in [0.2, 0.25) is 0 Å². The molecule has 0 saturated carbocycles. The first-order valence-electron chi connectivity index (χ1n) is 9.53. The number of nitrogens with zero attached hydrogens (tertiary/aromatic N) is 2. The zero-order chi connectivity index (χ0) is 22.3. The van der Waals surface area contributed by atoms with Crippen molar-refractivity contribution in [3.8, 4) is 11.3 Å². The van der Waals surface area contributed by atoms with Crippen LogP contribution in [0.1, 0.15) is 50.4 Å². The van der Waals surface area contributed by atoms with Crippen LogP contribution in [0.2, 0.25) is 5.02 Å². The Bertz CT molecular complexity index is 1180. The third kappa shape index (κ3) is 3.83. The van der Waals surface area contributed by atoms with Gasteiger partial charge in [0.15, 0.2) is 0 Å². The molecular weight excluding hydrogens is 433 g/mol. The van der Waals surface area contributed by atoms with E-state index >= 15 is 0 Å². The molecule has 1 heterocycles. The van der Waals surface area contributed by atoms with Crippen molar-refractivity contribution >= 4 is 23.5 Å². The van der Waals surface area contributed by atoms with Crippen LogP contribution in [0.3, 0.4) is 0 Å². The zero-order valence-electron chi connectivity index (χ0n) is 16.0. The van der Waals surface area contributed by atoms with Gasteiger partial charge in [0, 0.05) is 11.1 Å². The average molecular weight is 449 g/mol. The van der Waals surface area contributed by atoms with Crippen LogP contribution < -0.4 is 0 Å². The fourth-order valence-electron chi connectivity index (χ4n) is 3.85. The highest BCUT2D eigenvalue weighted by molar-refractivity contribution is 6.34. The number of fused-ring (bicyclic) bond motifs is 1. The van der Waals surface area contributed by atoms with Crippen LogP contribution in [-0.2, 0) is 19.0 Å². The van der Waals surface area contributed by atoms with E-state index in [4.69, 9.17) is 16.7 Å². The predicted molar refractivity (Wildman–Crippen MR) is 107 cm³/mol. The number of aromatic carboxylic acids is 1. The molecule has 4 rings (SSSR count). The largest absolute Gasteiger partial charge is 0.478 e. The van der Waals surface area contributed by atoms with Gasteiger partial charge in [0.05, 0.1) is 33.1 Å². The second kappa shape index (κ2) is 7.85. The lowest BCUT2D eigenvalue weighted by molar-refractivity contribution is -0.137. The van der Waals surface area contributed by atoms with Crippen LogP contribution in [0.5, 0.6) is 0 Å². The van der Waals surface area contributed by atoms with E-state index in [9.17, 15) is 22.8 Å². The maximum Gasteiger partial charge on any atom is 0.417 e. The summed E-state index contributed by atoms with van der Waals surface area (Å²) in [5.74, 6) is -2.02. The topological polar surface area (TPSA) is 72.2 Å². The number of aromatic nitrogens is 2. The van der Waals surface area contributed by atoms with Crippen LogP contribution in [0, 0.1) is 0 Å². The average Bonchev–Trinajstić information content (AvgIpc) is 3.12. The molecule has 0 saturated heterocycles. The fourth-order valence-corrected chi connectivity index (χ4v) is 4.11. The summed E-state index contributed by atoms with van der Waals surface area (Å²) in [6.07, 6.45) is -2.01. The number of carbonyl (C=O) groups is 2. The van der Waals surface area contributed by atoms with Crippen LogP contribution in [0.25, 0.3) is 11.3 Å². The summed E-state index contributed by atoms with van der Waals surface area (Å²) < 4.78 is 41.6. The van der Waals surface area contributed by atoms with Gasteiger partial charge >= 0.3 is 12.1 Å². The Balaban J connectivity index is 1.86. The first kappa shape index (κ1) is 21.1. The Morgan fingerprint density at radius 2 is 1.71 bits per heavy atom. The standard InChI is InChI=1S/C22H16ClF3N2O3/c23-16-6-3-5-15(22(24,25)26)18(16)20(29)28-17-7-2-1-4-14(17)19(27-28)12-8-10-13(11-9-12)21(30)31/h3,5-6,8-11H,1-2,4,7H2,(H,30,31). The number of halogens is 4. The molecule has 0 atom stereocenters. The van der Waals surface area contributed by atoms with Crippen LogP contribution >= 0.6 is 11.6 Å². The van der Waals surface area contributed by atoms with E-state index in [0.717, 1.165) is 35.2 Å². The fraction of sp³-hybridized carbons (Fsp3) is 0.227. The van der Waals surface area contributed by atoms with Crippen molar-refractivity contribution in [1.29, 1.82) is 0 Å². The lowest BCUT2D eigenvalue weighted by atomic mass is 9.93. The van der Waals surface area contributed by atoms with Gasteiger partial charge in [-0.3, -0.25) is 4.79 Å². The molecule has 9 heteroatoms. The predicted octanol–water partition coefficient (Wildman–Crippen LogP) is 5.49. The molecule has 3 aromatic rings. The van der Waals surface area contributed by atoms with Crippen molar-refractivity contribution in [3.63, 3.8) is 0 Å². The van der Waals surface area contributed by atoms with Gasteiger partial charge in [-0.05, 0) is 49.9 Å². The SMILES string of the molecule is O=C(O)c1ccc(-c2nn(C(=O)c3c(Cl)cccc3C(F)(F)F)c3c2CCCC3)cc1. The van der Waals surface area contributed by atoms with Crippen LogP contribution in [-0.4, -0.2) is 26.8 Å². The van der Waals surface area contributed by atoms with Crippen molar-refractivity contribution in [2.75, 3.05) is 0 Å².